The van der Waals surface area contributed by atoms with Gasteiger partial charge in [-0.2, -0.15) is 0 Å². The van der Waals surface area contributed by atoms with Crippen molar-refractivity contribution < 1.29 is 0 Å². The lowest BCUT2D eigenvalue weighted by Crippen LogP contribution is -2.63. The summed E-state index contributed by atoms with van der Waals surface area (Å²) in [6.07, 6.45) is 22.8. The molecule has 0 saturated carbocycles. The summed E-state index contributed by atoms with van der Waals surface area (Å²) in [6.45, 7) is 30.9. The monoisotopic (exact) mass is 819 g/mol. The first-order chi connectivity index (χ1) is 29.2. The van der Waals surface area contributed by atoms with Gasteiger partial charge in [-0.15, -0.1) is 0 Å². The summed E-state index contributed by atoms with van der Waals surface area (Å²) in [4.78, 5) is 5.45. The van der Waals surface area contributed by atoms with E-state index in [1.165, 1.54) is 78.2 Å². The average Bonchev–Trinajstić information content (AvgIpc) is 3.23. The highest BCUT2D eigenvalue weighted by atomic mass is 15.2. The SMILES string of the molecule is CC1=CCC(C(C)(C)C2=CCC(N3c4ccc(C(C)(C)C)cc4B4c5cc(C(C)(C)c6ccc(C)cc6)ccc5N(C5=CCC(C(C)(C)C)C=C5)c5cc(C)cc3c54)CC2)C=C1. The molecule has 3 aliphatic carbocycles. The molecule has 2 heterocycles. The number of fused-ring (bicyclic) bond motifs is 4. The largest absolute Gasteiger partial charge is 0.339 e. The van der Waals surface area contributed by atoms with Crippen LogP contribution >= 0.6 is 0 Å². The van der Waals surface area contributed by atoms with Gasteiger partial charge in [0.1, 0.15) is 0 Å². The summed E-state index contributed by atoms with van der Waals surface area (Å²) in [6, 6.07) is 29.6. The van der Waals surface area contributed by atoms with Crippen LogP contribution in [0.1, 0.15) is 136 Å². The lowest BCUT2D eigenvalue weighted by molar-refractivity contribution is 0.293. The zero-order chi connectivity index (χ0) is 44.1. The summed E-state index contributed by atoms with van der Waals surface area (Å²) in [5, 5.41) is 0. The molecule has 5 aliphatic rings. The minimum absolute atomic E-state index is 0.0196. The number of hydrogen-bond donors (Lipinski definition) is 0. The van der Waals surface area contributed by atoms with Gasteiger partial charge < -0.3 is 9.80 Å². The molecule has 4 aromatic carbocycles. The molecule has 0 aromatic heterocycles. The van der Waals surface area contributed by atoms with Gasteiger partial charge >= 0.3 is 0 Å². The molecule has 3 atom stereocenters. The summed E-state index contributed by atoms with van der Waals surface area (Å²) in [5.74, 6) is 1.05. The summed E-state index contributed by atoms with van der Waals surface area (Å²) in [5.41, 5.74) is 21.0. The van der Waals surface area contributed by atoms with E-state index in [0.717, 1.165) is 32.1 Å². The van der Waals surface area contributed by atoms with Gasteiger partial charge in [-0.05, 0) is 150 Å². The van der Waals surface area contributed by atoms with Crippen molar-refractivity contribution in [3.05, 3.63) is 160 Å². The fraction of sp³-hybridized carbons (Fsp3) is 0.424. The van der Waals surface area contributed by atoms with E-state index in [2.05, 4.69) is 215 Å². The molecule has 3 heteroatoms. The Morgan fingerprint density at radius 1 is 0.565 bits per heavy atom. The molecular formula is C59H71BN2. The second-order valence-electron chi connectivity index (χ2n) is 22.9. The Morgan fingerprint density at radius 2 is 1.19 bits per heavy atom. The Morgan fingerprint density at radius 3 is 1.82 bits per heavy atom. The lowest BCUT2D eigenvalue weighted by Gasteiger charge is -2.48. The third-order valence-electron chi connectivity index (χ3n) is 15.8. The predicted molar refractivity (Wildman–Crippen MR) is 270 cm³/mol. The van der Waals surface area contributed by atoms with Crippen LogP contribution in [-0.2, 0) is 10.8 Å². The number of rotatable bonds is 6. The standard InChI is InChI=1S/C59H71BN2/c1-38-14-18-42(19-15-38)58(10,11)44-24-30-48(31-25-44)62-51-32-26-45(57(7,8)9)36-49(51)60-50-37-46(59(12,13)43-20-16-39(2)17-21-43)27-33-52(50)61(53-34-40(3)35-54(62)55(53)60)47-28-22-41(23-29-47)56(4,5)6/h14-18,20-22,24,26-29,32-37,41-42,48H,19,23,25,30-31H2,1-13H3. The van der Waals surface area contributed by atoms with Crippen LogP contribution in [0.5, 0.6) is 0 Å². The number of aryl methyl sites for hydroxylation is 2. The molecule has 62 heavy (non-hydrogen) atoms. The molecule has 0 amide bonds. The first kappa shape index (κ1) is 42.5. The Kier molecular flexibility index (Phi) is 10.4. The fourth-order valence-corrected chi connectivity index (χ4v) is 11.4. The molecule has 0 fully saturated rings. The lowest BCUT2D eigenvalue weighted by atomic mass is 9.33. The Balaban J connectivity index is 1.24. The molecule has 9 rings (SSSR count). The highest BCUT2D eigenvalue weighted by Gasteiger charge is 2.46. The maximum Gasteiger partial charge on any atom is 0.252 e. The molecule has 4 aromatic rings. The van der Waals surface area contributed by atoms with E-state index in [1.807, 2.05) is 0 Å². The average molecular weight is 819 g/mol. The fourth-order valence-electron chi connectivity index (χ4n) is 11.4. The minimum atomic E-state index is -0.173. The normalized spacial score (nSPS) is 21.2. The summed E-state index contributed by atoms with van der Waals surface area (Å²) >= 11 is 0. The van der Waals surface area contributed by atoms with Crippen LogP contribution in [0.4, 0.5) is 22.7 Å². The van der Waals surface area contributed by atoms with Crippen LogP contribution < -0.4 is 26.2 Å². The van der Waals surface area contributed by atoms with E-state index in [0.29, 0.717) is 17.9 Å². The van der Waals surface area contributed by atoms with Crippen LogP contribution in [-0.4, -0.2) is 12.8 Å². The van der Waals surface area contributed by atoms with Gasteiger partial charge in [0.2, 0.25) is 0 Å². The van der Waals surface area contributed by atoms with Crippen LogP contribution in [0.3, 0.4) is 0 Å². The molecule has 0 radical (unpaired) electrons. The van der Waals surface area contributed by atoms with Crippen LogP contribution in [0, 0.1) is 36.5 Å². The van der Waals surface area contributed by atoms with Crippen molar-refractivity contribution in [3.63, 3.8) is 0 Å². The Bertz CT molecular complexity index is 2580. The van der Waals surface area contributed by atoms with E-state index < -0.39 is 0 Å². The number of benzene rings is 4. The highest BCUT2D eigenvalue weighted by molar-refractivity contribution is 7.00. The molecule has 0 spiro atoms. The van der Waals surface area contributed by atoms with Crippen molar-refractivity contribution in [2.75, 3.05) is 9.80 Å². The Labute approximate surface area is 375 Å². The first-order valence-corrected chi connectivity index (χ1v) is 23.8. The van der Waals surface area contributed by atoms with Crippen LogP contribution in [0.25, 0.3) is 0 Å². The van der Waals surface area contributed by atoms with Crippen molar-refractivity contribution in [1.29, 1.82) is 0 Å². The maximum atomic E-state index is 2.81. The smallest absolute Gasteiger partial charge is 0.252 e. The van der Waals surface area contributed by atoms with Crippen molar-refractivity contribution in [1.82, 2.24) is 0 Å². The van der Waals surface area contributed by atoms with Crippen LogP contribution in [0.2, 0.25) is 0 Å². The van der Waals surface area contributed by atoms with E-state index >= 15 is 0 Å². The van der Waals surface area contributed by atoms with Gasteiger partial charge in [-0.25, -0.2) is 0 Å². The van der Waals surface area contributed by atoms with E-state index in [4.69, 9.17) is 0 Å². The molecule has 0 saturated heterocycles. The highest BCUT2D eigenvalue weighted by Crippen LogP contribution is 2.48. The zero-order valence-corrected chi connectivity index (χ0v) is 40.2. The molecule has 3 unspecified atom stereocenters. The molecule has 320 valence electrons. The number of allylic oxidation sites excluding steroid dienone is 8. The predicted octanol–water partition coefficient (Wildman–Crippen LogP) is 13.9. The van der Waals surface area contributed by atoms with Gasteiger partial charge in [-0.1, -0.05) is 171 Å². The van der Waals surface area contributed by atoms with Crippen LogP contribution in [0.15, 0.2) is 132 Å². The quantitative estimate of drug-likeness (QED) is 0.141. The van der Waals surface area contributed by atoms with E-state index in [9.17, 15) is 0 Å². The van der Waals surface area contributed by atoms with E-state index in [1.54, 1.807) is 5.57 Å². The zero-order valence-electron chi connectivity index (χ0n) is 40.2. The van der Waals surface area contributed by atoms with Crippen molar-refractivity contribution in [2.45, 2.75) is 139 Å². The van der Waals surface area contributed by atoms with Gasteiger partial charge in [0.15, 0.2) is 0 Å². The molecule has 2 nitrogen and oxygen atoms in total. The summed E-state index contributed by atoms with van der Waals surface area (Å²) < 4.78 is 0. The third kappa shape index (κ3) is 7.30. The van der Waals surface area contributed by atoms with Crippen molar-refractivity contribution in [2.24, 2.45) is 22.7 Å². The summed E-state index contributed by atoms with van der Waals surface area (Å²) in [7, 11) is 0. The van der Waals surface area contributed by atoms with Crippen molar-refractivity contribution >= 4 is 45.9 Å². The number of nitrogens with zero attached hydrogens (tertiary/aromatic N) is 2. The molecular weight excluding hydrogens is 747 g/mol. The second-order valence-corrected chi connectivity index (χ2v) is 22.9. The van der Waals surface area contributed by atoms with Gasteiger partial charge in [0.05, 0.1) is 0 Å². The van der Waals surface area contributed by atoms with Crippen molar-refractivity contribution in [3.8, 4) is 0 Å². The number of hydrogen-bond acceptors (Lipinski definition) is 2. The topological polar surface area (TPSA) is 6.48 Å². The van der Waals surface area contributed by atoms with Gasteiger partial charge in [-0.3, -0.25) is 0 Å². The first-order valence-electron chi connectivity index (χ1n) is 23.8. The Hall–Kier alpha value is -4.76. The maximum absolute atomic E-state index is 2.81. The minimum Gasteiger partial charge on any atom is -0.339 e. The molecule has 0 N–H and O–H groups in total. The molecule has 0 bridgehead atoms. The third-order valence-corrected chi connectivity index (χ3v) is 15.8. The second kappa shape index (κ2) is 15.2. The van der Waals surface area contributed by atoms with E-state index in [-0.39, 0.29) is 28.4 Å². The van der Waals surface area contributed by atoms with Gasteiger partial charge in [0.25, 0.3) is 6.71 Å². The number of anilines is 4. The molecule has 2 aliphatic heterocycles. The van der Waals surface area contributed by atoms with Gasteiger partial charge in [0, 0.05) is 39.9 Å².